The lowest BCUT2D eigenvalue weighted by atomic mass is 10.1. The number of rotatable bonds is 4. The molecule has 0 radical (unpaired) electrons. The molecular weight excluding hydrogens is 201 g/mol. The normalized spacial score (nSPS) is 15.9. The summed E-state index contributed by atoms with van der Waals surface area (Å²) in [5, 5.41) is 3.56. The van der Waals surface area contributed by atoms with Crippen LogP contribution in [-0.4, -0.2) is 12.6 Å². The average molecular weight is 214 g/mol. The minimum Gasteiger partial charge on any atom is -0.314 e. The Kier molecular flexibility index (Phi) is 3.04. The van der Waals surface area contributed by atoms with Gasteiger partial charge in [0.15, 0.2) is 0 Å². The van der Waals surface area contributed by atoms with E-state index in [2.05, 4.69) is 5.32 Å². The summed E-state index contributed by atoms with van der Waals surface area (Å²) in [6.07, 6.45) is 3.24. The standard InChI is InChI=1S/C11H13ClFN/c12-10-3-1-2-8(11(10)13)6-7-14-9-4-5-9/h1-3,9,14H,4-7H2. The topological polar surface area (TPSA) is 12.0 Å². The Morgan fingerprint density at radius 3 is 2.93 bits per heavy atom. The molecule has 1 aromatic carbocycles. The van der Waals surface area contributed by atoms with Gasteiger partial charge in [-0.2, -0.15) is 0 Å². The second-order valence-corrected chi connectivity index (χ2v) is 4.10. The van der Waals surface area contributed by atoms with Crippen molar-refractivity contribution in [2.24, 2.45) is 0 Å². The van der Waals surface area contributed by atoms with E-state index in [4.69, 9.17) is 11.6 Å². The number of hydrogen-bond acceptors (Lipinski definition) is 1. The fraction of sp³-hybridized carbons (Fsp3) is 0.455. The van der Waals surface area contributed by atoms with Gasteiger partial charge in [-0.3, -0.25) is 0 Å². The van der Waals surface area contributed by atoms with Crippen molar-refractivity contribution in [2.75, 3.05) is 6.54 Å². The molecule has 1 aromatic rings. The Labute approximate surface area is 88.3 Å². The van der Waals surface area contributed by atoms with E-state index in [1.54, 1.807) is 18.2 Å². The summed E-state index contributed by atoms with van der Waals surface area (Å²) in [5.41, 5.74) is 0.700. The molecule has 1 N–H and O–H groups in total. The summed E-state index contributed by atoms with van der Waals surface area (Å²) in [6, 6.07) is 5.83. The molecule has 0 spiro atoms. The quantitative estimate of drug-likeness (QED) is 0.811. The summed E-state index contributed by atoms with van der Waals surface area (Å²) in [4.78, 5) is 0. The van der Waals surface area contributed by atoms with E-state index in [0.717, 1.165) is 6.54 Å². The van der Waals surface area contributed by atoms with Crippen LogP contribution in [0.2, 0.25) is 5.02 Å². The first-order chi connectivity index (χ1) is 6.77. The second-order valence-electron chi connectivity index (χ2n) is 3.69. The van der Waals surface area contributed by atoms with Crippen LogP contribution in [0, 0.1) is 5.82 Å². The number of hydrogen-bond donors (Lipinski definition) is 1. The summed E-state index contributed by atoms with van der Waals surface area (Å²) in [6.45, 7) is 0.835. The van der Waals surface area contributed by atoms with E-state index in [9.17, 15) is 4.39 Å². The van der Waals surface area contributed by atoms with Gasteiger partial charge >= 0.3 is 0 Å². The molecule has 1 nitrogen and oxygen atoms in total. The first-order valence-corrected chi connectivity index (χ1v) is 5.31. The van der Waals surface area contributed by atoms with Crippen molar-refractivity contribution >= 4 is 11.6 Å². The lowest BCUT2D eigenvalue weighted by Gasteiger charge is -2.05. The maximum Gasteiger partial charge on any atom is 0.145 e. The molecular formula is C11H13ClFN. The van der Waals surface area contributed by atoms with Gasteiger partial charge in [0, 0.05) is 6.04 Å². The summed E-state index contributed by atoms with van der Waals surface area (Å²) >= 11 is 5.67. The van der Waals surface area contributed by atoms with E-state index in [1.807, 2.05) is 0 Å². The largest absolute Gasteiger partial charge is 0.314 e. The maximum absolute atomic E-state index is 13.4. The molecule has 0 aromatic heterocycles. The Hall–Kier alpha value is -0.600. The highest BCUT2D eigenvalue weighted by atomic mass is 35.5. The molecule has 76 valence electrons. The molecule has 0 atom stereocenters. The third-order valence-electron chi connectivity index (χ3n) is 2.44. The minimum atomic E-state index is -0.272. The van der Waals surface area contributed by atoms with E-state index >= 15 is 0 Å². The monoisotopic (exact) mass is 213 g/mol. The highest BCUT2D eigenvalue weighted by Gasteiger charge is 2.19. The molecule has 0 bridgehead atoms. The Morgan fingerprint density at radius 2 is 2.21 bits per heavy atom. The molecule has 1 saturated carbocycles. The van der Waals surface area contributed by atoms with Gasteiger partial charge in [-0.25, -0.2) is 4.39 Å². The Bertz CT molecular complexity index is 323. The van der Waals surface area contributed by atoms with Crippen LogP contribution >= 0.6 is 11.6 Å². The molecule has 3 heteroatoms. The van der Waals surface area contributed by atoms with Gasteiger partial charge in [-0.05, 0) is 37.4 Å². The highest BCUT2D eigenvalue weighted by Crippen LogP contribution is 2.20. The Morgan fingerprint density at radius 1 is 1.43 bits per heavy atom. The lowest BCUT2D eigenvalue weighted by molar-refractivity contribution is 0.597. The molecule has 14 heavy (non-hydrogen) atoms. The van der Waals surface area contributed by atoms with Gasteiger partial charge in [-0.15, -0.1) is 0 Å². The predicted octanol–water partition coefficient (Wildman–Crippen LogP) is 2.77. The van der Waals surface area contributed by atoms with Gasteiger partial charge in [-0.1, -0.05) is 23.7 Å². The van der Waals surface area contributed by atoms with Crippen LogP contribution in [-0.2, 0) is 6.42 Å². The molecule has 0 unspecified atom stereocenters. The van der Waals surface area contributed by atoms with Crippen molar-refractivity contribution in [3.8, 4) is 0 Å². The molecule has 1 aliphatic rings. The van der Waals surface area contributed by atoms with Crippen LogP contribution < -0.4 is 5.32 Å². The fourth-order valence-electron chi connectivity index (χ4n) is 1.44. The minimum absolute atomic E-state index is 0.217. The van der Waals surface area contributed by atoms with E-state index in [0.29, 0.717) is 18.0 Å². The summed E-state index contributed by atoms with van der Waals surface area (Å²) < 4.78 is 13.4. The zero-order valence-electron chi connectivity index (χ0n) is 7.89. The molecule has 0 heterocycles. The third-order valence-corrected chi connectivity index (χ3v) is 2.73. The van der Waals surface area contributed by atoms with Gasteiger partial charge in [0.25, 0.3) is 0 Å². The van der Waals surface area contributed by atoms with Gasteiger partial charge in [0.2, 0.25) is 0 Å². The fourth-order valence-corrected chi connectivity index (χ4v) is 1.63. The van der Waals surface area contributed by atoms with Crippen molar-refractivity contribution in [1.29, 1.82) is 0 Å². The van der Waals surface area contributed by atoms with Crippen molar-refractivity contribution in [3.05, 3.63) is 34.6 Å². The van der Waals surface area contributed by atoms with Crippen molar-refractivity contribution in [2.45, 2.75) is 25.3 Å². The molecule has 0 aliphatic heterocycles. The summed E-state index contributed by atoms with van der Waals surface area (Å²) in [5.74, 6) is -0.272. The first-order valence-electron chi connectivity index (χ1n) is 4.93. The van der Waals surface area contributed by atoms with Crippen LogP contribution in [0.1, 0.15) is 18.4 Å². The average Bonchev–Trinajstić information content (AvgIpc) is 2.96. The van der Waals surface area contributed by atoms with Crippen LogP contribution in [0.3, 0.4) is 0 Å². The van der Waals surface area contributed by atoms with Gasteiger partial charge in [0.1, 0.15) is 5.82 Å². The van der Waals surface area contributed by atoms with Crippen molar-refractivity contribution in [3.63, 3.8) is 0 Å². The SMILES string of the molecule is Fc1c(Cl)cccc1CCNC1CC1. The second kappa shape index (κ2) is 4.28. The van der Waals surface area contributed by atoms with Crippen LogP contribution in [0.4, 0.5) is 4.39 Å². The van der Waals surface area contributed by atoms with Crippen molar-refractivity contribution in [1.82, 2.24) is 5.32 Å². The summed E-state index contributed by atoms with van der Waals surface area (Å²) in [7, 11) is 0. The maximum atomic E-state index is 13.4. The first kappa shape index (κ1) is 9.94. The lowest BCUT2D eigenvalue weighted by Crippen LogP contribution is -2.19. The van der Waals surface area contributed by atoms with Gasteiger partial charge < -0.3 is 5.32 Å². The van der Waals surface area contributed by atoms with Crippen LogP contribution in [0.25, 0.3) is 0 Å². The number of nitrogens with one attached hydrogen (secondary N) is 1. The van der Waals surface area contributed by atoms with Gasteiger partial charge in [0.05, 0.1) is 5.02 Å². The zero-order chi connectivity index (χ0) is 9.97. The van der Waals surface area contributed by atoms with E-state index in [1.165, 1.54) is 12.8 Å². The molecule has 0 saturated heterocycles. The zero-order valence-corrected chi connectivity index (χ0v) is 8.65. The highest BCUT2D eigenvalue weighted by molar-refractivity contribution is 6.30. The van der Waals surface area contributed by atoms with E-state index in [-0.39, 0.29) is 10.8 Å². The number of benzene rings is 1. The predicted molar refractivity (Wildman–Crippen MR) is 56.1 cm³/mol. The molecule has 0 amide bonds. The molecule has 1 aliphatic carbocycles. The number of halogens is 2. The van der Waals surface area contributed by atoms with E-state index < -0.39 is 0 Å². The molecule has 2 rings (SSSR count). The van der Waals surface area contributed by atoms with Crippen LogP contribution in [0.5, 0.6) is 0 Å². The Balaban J connectivity index is 1.90. The molecule has 1 fully saturated rings. The third kappa shape index (κ3) is 2.46. The van der Waals surface area contributed by atoms with Crippen molar-refractivity contribution < 1.29 is 4.39 Å². The smallest absolute Gasteiger partial charge is 0.145 e. The van der Waals surface area contributed by atoms with Crippen LogP contribution in [0.15, 0.2) is 18.2 Å².